The van der Waals surface area contributed by atoms with E-state index in [0.717, 1.165) is 18.5 Å². The zero-order valence-electron chi connectivity index (χ0n) is 10.8. The summed E-state index contributed by atoms with van der Waals surface area (Å²) >= 11 is 0. The van der Waals surface area contributed by atoms with Crippen LogP contribution in [0.4, 0.5) is 5.69 Å². The molecule has 3 atom stereocenters. The Kier molecular flexibility index (Phi) is 2.08. The SMILES string of the molecule is C[C@@H]1NC(=O)c2cccc3c2N(C1=O)C1CCCC31. The van der Waals surface area contributed by atoms with Crippen molar-refractivity contribution < 1.29 is 9.59 Å². The lowest BCUT2D eigenvalue weighted by Gasteiger charge is -2.25. The number of para-hydroxylation sites is 1. The Bertz CT molecular complexity index is 596. The highest BCUT2D eigenvalue weighted by Crippen LogP contribution is 2.51. The predicted octanol–water partition coefficient (Wildman–Crippen LogP) is 1.80. The van der Waals surface area contributed by atoms with Gasteiger partial charge in [-0.3, -0.25) is 9.59 Å². The van der Waals surface area contributed by atoms with E-state index >= 15 is 0 Å². The smallest absolute Gasteiger partial charge is 0.254 e. The van der Waals surface area contributed by atoms with Crippen LogP contribution in [-0.2, 0) is 4.79 Å². The van der Waals surface area contributed by atoms with E-state index in [-0.39, 0.29) is 17.9 Å². The number of carbonyl (C=O) groups excluding carboxylic acids is 2. The molecule has 2 unspecified atom stereocenters. The van der Waals surface area contributed by atoms with E-state index in [4.69, 9.17) is 0 Å². The van der Waals surface area contributed by atoms with Crippen LogP contribution in [0.5, 0.6) is 0 Å². The molecule has 1 fully saturated rings. The minimum absolute atomic E-state index is 0.0361. The first-order valence-corrected chi connectivity index (χ1v) is 6.95. The topological polar surface area (TPSA) is 49.4 Å². The Balaban J connectivity index is 1.99. The molecule has 1 aromatic carbocycles. The fourth-order valence-electron chi connectivity index (χ4n) is 3.91. The largest absolute Gasteiger partial charge is 0.340 e. The molecule has 0 aromatic heterocycles. The molecule has 0 bridgehead atoms. The summed E-state index contributed by atoms with van der Waals surface area (Å²) in [5.41, 5.74) is 2.73. The molecular weight excluding hydrogens is 240 g/mol. The van der Waals surface area contributed by atoms with E-state index in [1.165, 1.54) is 12.0 Å². The van der Waals surface area contributed by atoms with E-state index in [9.17, 15) is 9.59 Å². The van der Waals surface area contributed by atoms with Gasteiger partial charge in [0, 0.05) is 12.0 Å². The maximum atomic E-state index is 12.6. The molecule has 2 aliphatic heterocycles. The number of nitrogens with zero attached hydrogens (tertiary/aromatic N) is 1. The van der Waals surface area contributed by atoms with Crippen molar-refractivity contribution in [1.29, 1.82) is 0 Å². The Labute approximate surface area is 111 Å². The minimum Gasteiger partial charge on any atom is -0.340 e. The molecule has 4 nitrogen and oxygen atoms in total. The van der Waals surface area contributed by atoms with Gasteiger partial charge in [0.15, 0.2) is 0 Å². The summed E-state index contributed by atoms with van der Waals surface area (Å²) in [6, 6.07) is 5.67. The summed E-state index contributed by atoms with van der Waals surface area (Å²) in [5.74, 6) is 0.339. The average Bonchev–Trinajstić information content (AvgIpc) is 2.94. The molecule has 0 saturated heterocycles. The zero-order chi connectivity index (χ0) is 13.1. The lowest BCUT2D eigenvalue weighted by atomic mass is 9.96. The molecule has 19 heavy (non-hydrogen) atoms. The molecule has 1 aliphatic carbocycles. The molecule has 1 saturated carbocycles. The van der Waals surface area contributed by atoms with Gasteiger partial charge >= 0.3 is 0 Å². The van der Waals surface area contributed by atoms with Gasteiger partial charge in [-0.15, -0.1) is 0 Å². The van der Waals surface area contributed by atoms with Crippen molar-refractivity contribution in [3.63, 3.8) is 0 Å². The molecule has 3 aliphatic rings. The molecule has 0 spiro atoms. The summed E-state index contributed by atoms with van der Waals surface area (Å²) in [6.45, 7) is 1.77. The number of hydrogen-bond donors (Lipinski definition) is 1. The van der Waals surface area contributed by atoms with Gasteiger partial charge < -0.3 is 10.2 Å². The first-order chi connectivity index (χ1) is 9.18. The van der Waals surface area contributed by atoms with E-state index in [2.05, 4.69) is 11.4 Å². The van der Waals surface area contributed by atoms with Gasteiger partial charge in [0.05, 0.1) is 11.3 Å². The van der Waals surface area contributed by atoms with Gasteiger partial charge in [0.25, 0.3) is 5.91 Å². The van der Waals surface area contributed by atoms with Crippen LogP contribution in [-0.4, -0.2) is 23.9 Å². The van der Waals surface area contributed by atoms with Crippen LogP contribution in [0.25, 0.3) is 0 Å². The van der Waals surface area contributed by atoms with Gasteiger partial charge in [-0.2, -0.15) is 0 Å². The molecule has 0 radical (unpaired) electrons. The summed E-state index contributed by atoms with van der Waals surface area (Å²) in [5, 5.41) is 2.79. The number of hydrogen-bond acceptors (Lipinski definition) is 2. The van der Waals surface area contributed by atoms with Gasteiger partial charge in [-0.1, -0.05) is 18.6 Å². The second kappa shape index (κ2) is 3.59. The summed E-state index contributed by atoms with van der Waals surface area (Å²) in [7, 11) is 0. The van der Waals surface area contributed by atoms with Gasteiger partial charge in [0.1, 0.15) is 6.04 Å². The third-order valence-electron chi connectivity index (χ3n) is 4.72. The predicted molar refractivity (Wildman–Crippen MR) is 71.2 cm³/mol. The van der Waals surface area contributed by atoms with E-state index in [0.29, 0.717) is 11.5 Å². The number of rotatable bonds is 0. The Morgan fingerprint density at radius 2 is 2.11 bits per heavy atom. The molecule has 2 heterocycles. The average molecular weight is 256 g/mol. The second-order valence-corrected chi connectivity index (χ2v) is 5.75. The fourth-order valence-corrected chi connectivity index (χ4v) is 3.91. The van der Waals surface area contributed by atoms with Crippen LogP contribution in [0.2, 0.25) is 0 Å². The van der Waals surface area contributed by atoms with Crippen LogP contribution >= 0.6 is 0 Å². The Morgan fingerprint density at radius 1 is 1.26 bits per heavy atom. The van der Waals surface area contributed by atoms with Crippen molar-refractivity contribution in [2.75, 3.05) is 4.90 Å². The van der Waals surface area contributed by atoms with Crippen LogP contribution < -0.4 is 10.2 Å². The normalized spacial score (nSPS) is 31.8. The maximum Gasteiger partial charge on any atom is 0.254 e. The minimum atomic E-state index is -0.438. The van der Waals surface area contributed by atoms with Crippen molar-refractivity contribution in [2.45, 2.75) is 44.2 Å². The monoisotopic (exact) mass is 256 g/mol. The van der Waals surface area contributed by atoms with Crippen molar-refractivity contribution in [3.05, 3.63) is 29.3 Å². The first-order valence-electron chi connectivity index (χ1n) is 6.95. The third kappa shape index (κ3) is 1.29. The molecule has 2 amide bonds. The van der Waals surface area contributed by atoms with Crippen molar-refractivity contribution in [3.8, 4) is 0 Å². The standard InChI is InChI=1S/C15H16N2O2/c1-8-15(19)17-12-7-3-4-9(12)10-5-2-6-11(13(10)17)14(18)16-8/h2,5-6,8-9,12H,3-4,7H2,1H3,(H,16,18)/t8-,9?,12?/m0/s1. The highest BCUT2D eigenvalue weighted by Gasteiger charge is 2.48. The highest BCUT2D eigenvalue weighted by molar-refractivity contribution is 6.13. The molecular formula is C15H16N2O2. The van der Waals surface area contributed by atoms with E-state index in [1.807, 2.05) is 17.0 Å². The fraction of sp³-hybridized carbons (Fsp3) is 0.467. The quantitative estimate of drug-likeness (QED) is 0.769. The molecule has 1 aromatic rings. The third-order valence-corrected chi connectivity index (χ3v) is 4.72. The van der Waals surface area contributed by atoms with Crippen LogP contribution in [0.1, 0.15) is 48.0 Å². The molecule has 4 heteroatoms. The summed E-state index contributed by atoms with van der Waals surface area (Å²) in [4.78, 5) is 26.7. The molecule has 1 N–H and O–H groups in total. The van der Waals surface area contributed by atoms with Crippen molar-refractivity contribution in [2.24, 2.45) is 0 Å². The number of benzene rings is 1. The summed E-state index contributed by atoms with van der Waals surface area (Å²) in [6.07, 6.45) is 3.34. The van der Waals surface area contributed by atoms with E-state index < -0.39 is 6.04 Å². The molecule has 4 rings (SSSR count). The number of nitrogens with one attached hydrogen (secondary N) is 1. The van der Waals surface area contributed by atoms with Crippen LogP contribution in [0, 0.1) is 0 Å². The molecule has 98 valence electrons. The highest BCUT2D eigenvalue weighted by atomic mass is 16.2. The Hall–Kier alpha value is -1.84. The second-order valence-electron chi connectivity index (χ2n) is 5.75. The number of fused-ring (bicyclic) bond motifs is 3. The lowest BCUT2D eigenvalue weighted by molar-refractivity contribution is -0.120. The summed E-state index contributed by atoms with van der Waals surface area (Å²) < 4.78 is 0. The van der Waals surface area contributed by atoms with Gasteiger partial charge in [-0.25, -0.2) is 0 Å². The van der Waals surface area contributed by atoms with Crippen LogP contribution in [0.15, 0.2) is 18.2 Å². The van der Waals surface area contributed by atoms with Gasteiger partial charge in [0.2, 0.25) is 5.91 Å². The number of carbonyl (C=O) groups is 2. The lowest BCUT2D eigenvalue weighted by Crippen LogP contribution is -2.46. The van der Waals surface area contributed by atoms with Gasteiger partial charge in [-0.05, 0) is 31.4 Å². The van der Waals surface area contributed by atoms with Crippen molar-refractivity contribution in [1.82, 2.24) is 5.32 Å². The van der Waals surface area contributed by atoms with Crippen molar-refractivity contribution >= 4 is 17.5 Å². The maximum absolute atomic E-state index is 12.6. The Morgan fingerprint density at radius 3 is 2.95 bits per heavy atom. The van der Waals surface area contributed by atoms with Crippen LogP contribution in [0.3, 0.4) is 0 Å². The zero-order valence-corrected chi connectivity index (χ0v) is 10.8. The number of amides is 2. The first kappa shape index (κ1) is 11.0. The van der Waals surface area contributed by atoms with E-state index in [1.54, 1.807) is 6.92 Å². The number of anilines is 1.